The van der Waals surface area contributed by atoms with Gasteiger partial charge in [-0.05, 0) is 24.5 Å². The second kappa shape index (κ2) is 7.17. The van der Waals surface area contributed by atoms with Crippen molar-refractivity contribution in [3.8, 4) is 0 Å². The molecule has 3 heterocycles. The fraction of sp³-hybridized carbons (Fsp3) is 0.438. The summed E-state index contributed by atoms with van der Waals surface area (Å²) in [6.45, 7) is 2.36. The Morgan fingerprint density at radius 3 is 3.14 bits per heavy atom. The van der Waals surface area contributed by atoms with E-state index in [2.05, 4.69) is 31.2 Å². The predicted molar refractivity (Wildman–Crippen MR) is 85.8 cm³/mol. The van der Waals surface area contributed by atoms with E-state index in [1.807, 2.05) is 25.4 Å². The van der Waals surface area contributed by atoms with Crippen molar-refractivity contribution >= 4 is 11.6 Å². The Labute approximate surface area is 130 Å². The number of hydrogen-bond donors (Lipinski definition) is 1. The first kappa shape index (κ1) is 14.7. The van der Waals surface area contributed by atoms with Gasteiger partial charge in [0.1, 0.15) is 18.0 Å². The molecular formula is C16H21N5O. The van der Waals surface area contributed by atoms with E-state index < -0.39 is 0 Å². The van der Waals surface area contributed by atoms with Crippen LogP contribution in [0.2, 0.25) is 0 Å². The zero-order chi connectivity index (χ0) is 15.2. The molecule has 1 aliphatic rings. The van der Waals surface area contributed by atoms with E-state index in [1.54, 1.807) is 12.5 Å². The van der Waals surface area contributed by atoms with Crippen molar-refractivity contribution in [2.24, 2.45) is 0 Å². The van der Waals surface area contributed by atoms with Crippen LogP contribution in [0.4, 0.5) is 11.6 Å². The summed E-state index contributed by atoms with van der Waals surface area (Å²) >= 11 is 0. The van der Waals surface area contributed by atoms with Crippen LogP contribution in [0, 0.1) is 0 Å². The van der Waals surface area contributed by atoms with E-state index in [4.69, 9.17) is 4.74 Å². The first-order valence-electron chi connectivity index (χ1n) is 7.57. The lowest BCUT2D eigenvalue weighted by molar-refractivity contribution is 0.0875. The SMILES string of the molecule is CN(Cc1cccnc1)c1cc(NC2CCCOC2)ncn1. The molecule has 1 atom stereocenters. The zero-order valence-electron chi connectivity index (χ0n) is 12.8. The summed E-state index contributed by atoms with van der Waals surface area (Å²) < 4.78 is 5.49. The van der Waals surface area contributed by atoms with Crippen molar-refractivity contribution in [1.82, 2.24) is 15.0 Å². The highest BCUT2D eigenvalue weighted by atomic mass is 16.5. The van der Waals surface area contributed by atoms with Crippen molar-refractivity contribution in [2.45, 2.75) is 25.4 Å². The molecule has 6 nitrogen and oxygen atoms in total. The molecule has 1 aliphatic heterocycles. The van der Waals surface area contributed by atoms with E-state index in [-0.39, 0.29) is 0 Å². The highest BCUT2D eigenvalue weighted by Gasteiger charge is 2.14. The molecule has 1 saturated heterocycles. The fourth-order valence-electron chi connectivity index (χ4n) is 2.54. The van der Waals surface area contributed by atoms with Crippen LogP contribution in [0.3, 0.4) is 0 Å². The second-order valence-electron chi connectivity index (χ2n) is 5.54. The van der Waals surface area contributed by atoms with Crippen LogP contribution in [-0.4, -0.2) is 41.3 Å². The molecule has 1 fully saturated rings. The average Bonchev–Trinajstić information content (AvgIpc) is 2.57. The maximum atomic E-state index is 5.49. The van der Waals surface area contributed by atoms with Gasteiger partial charge in [0.25, 0.3) is 0 Å². The first-order valence-corrected chi connectivity index (χ1v) is 7.57. The van der Waals surface area contributed by atoms with Crippen molar-refractivity contribution in [1.29, 1.82) is 0 Å². The van der Waals surface area contributed by atoms with Crippen molar-refractivity contribution in [2.75, 3.05) is 30.5 Å². The third kappa shape index (κ3) is 3.92. The molecule has 6 heteroatoms. The summed E-state index contributed by atoms with van der Waals surface area (Å²) in [6.07, 6.45) is 7.46. The predicted octanol–water partition coefficient (Wildman–Crippen LogP) is 2.10. The van der Waals surface area contributed by atoms with Gasteiger partial charge in [0, 0.05) is 38.7 Å². The third-order valence-corrected chi connectivity index (χ3v) is 3.70. The molecule has 0 aromatic carbocycles. The lowest BCUT2D eigenvalue weighted by Gasteiger charge is -2.24. The van der Waals surface area contributed by atoms with E-state index in [0.717, 1.165) is 49.8 Å². The molecule has 2 aromatic rings. The normalized spacial score (nSPS) is 18.0. The van der Waals surface area contributed by atoms with Crippen LogP contribution in [0.5, 0.6) is 0 Å². The number of nitrogens with one attached hydrogen (secondary N) is 1. The van der Waals surface area contributed by atoms with Gasteiger partial charge >= 0.3 is 0 Å². The van der Waals surface area contributed by atoms with Gasteiger partial charge in [-0.15, -0.1) is 0 Å². The standard InChI is InChI=1S/C16H21N5O/c1-21(10-13-4-2-6-17-9-13)16-8-15(18-12-19-16)20-14-5-3-7-22-11-14/h2,4,6,8-9,12,14H,3,5,7,10-11H2,1H3,(H,18,19,20). The number of pyridine rings is 1. The summed E-state index contributed by atoms with van der Waals surface area (Å²) in [5.74, 6) is 1.73. The zero-order valence-corrected chi connectivity index (χ0v) is 12.8. The van der Waals surface area contributed by atoms with Gasteiger partial charge in [-0.3, -0.25) is 4.98 Å². The smallest absolute Gasteiger partial charge is 0.134 e. The van der Waals surface area contributed by atoms with E-state index in [0.29, 0.717) is 6.04 Å². The van der Waals surface area contributed by atoms with Gasteiger partial charge in [-0.2, -0.15) is 0 Å². The van der Waals surface area contributed by atoms with Gasteiger partial charge in [-0.1, -0.05) is 6.07 Å². The highest BCUT2D eigenvalue weighted by molar-refractivity contribution is 5.48. The minimum atomic E-state index is 0.333. The number of rotatable bonds is 5. The summed E-state index contributed by atoms with van der Waals surface area (Å²) in [7, 11) is 2.02. The molecule has 1 unspecified atom stereocenters. The Bertz CT molecular complexity index is 586. The van der Waals surface area contributed by atoms with Gasteiger partial charge in [0.05, 0.1) is 12.6 Å². The van der Waals surface area contributed by atoms with Crippen LogP contribution < -0.4 is 10.2 Å². The highest BCUT2D eigenvalue weighted by Crippen LogP contribution is 2.17. The molecule has 0 amide bonds. The molecule has 0 bridgehead atoms. The van der Waals surface area contributed by atoms with Crippen molar-refractivity contribution in [3.63, 3.8) is 0 Å². The number of aromatic nitrogens is 3. The molecule has 22 heavy (non-hydrogen) atoms. The number of anilines is 2. The first-order chi connectivity index (χ1) is 10.8. The Morgan fingerprint density at radius 2 is 2.36 bits per heavy atom. The Hall–Kier alpha value is -2.21. The molecule has 116 valence electrons. The van der Waals surface area contributed by atoms with Crippen LogP contribution in [0.25, 0.3) is 0 Å². The Kier molecular flexibility index (Phi) is 4.80. The molecular weight excluding hydrogens is 278 g/mol. The third-order valence-electron chi connectivity index (χ3n) is 3.70. The summed E-state index contributed by atoms with van der Waals surface area (Å²) in [5, 5.41) is 3.42. The fourth-order valence-corrected chi connectivity index (χ4v) is 2.54. The van der Waals surface area contributed by atoms with E-state index >= 15 is 0 Å². The number of hydrogen-bond acceptors (Lipinski definition) is 6. The van der Waals surface area contributed by atoms with E-state index in [1.165, 1.54) is 0 Å². The van der Waals surface area contributed by atoms with Crippen molar-refractivity contribution in [3.05, 3.63) is 42.5 Å². The largest absolute Gasteiger partial charge is 0.379 e. The van der Waals surface area contributed by atoms with Crippen molar-refractivity contribution < 1.29 is 4.74 Å². The number of ether oxygens (including phenoxy) is 1. The molecule has 0 saturated carbocycles. The molecule has 0 radical (unpaired) electrons. The second-order valence-corrected chi connectivity index (χ2v) is 5.54. The van der Waals surface area contributed by atoms with Gasteiger partial charge in [0.2, 0.25) is 0 Å². The maximum Gasteiger partial charge on any atom is 0.134 e. The van der Waals surface area contributed by atoms with Gasteiger partial charge in [0.15, 0.2) is 0 Å². The minimum Gasteiger partial charge on any atom is -0.379 e. The topological polar surface area (TPSA) is 63.2 Å². The summed E-state index contributed by atoms with van der Waals surface area (Å²) in [6, 6.07) is 6.31. The van der Waals surface area contributed by atoms with Crippen LogP contribution in [-0.2, 0) is 11.3 Å². The van der Waals surface area contributed by atoms with Gasteiger partial charge in [-0.25, -0.2) is 9.97 Å². The Morgan fingerprint density at radius 1 is 1.41 bits per heavy atom. The summed E-state index contributed by atoms with van der Waals surface area (Å²) in [4.78, 5) is 14.9. The quantitative estimate of drug-likeness (QED) is 0.912. The summed E-state index contributed by atoms with van der Waals surface area (Å²) in [5.41, 5.74) is 1.15. The van der Waals surface area contributed by atoms with Crippen LogP contribution in [0.15, 0.2) is 36.9 Å². The average molecular weight is 299 g/mol. The monoisotopic (exact) mass is 299 g/mol. The van der Waals surface area contributed by atoms with Crippen LogP contribution in [0.1, 0.15) is 18.4 Å². The molecule has 0 spiro atoms. The maximum absolute atomic E-state index is 5.49. The number of nitrogens with zero attached hydrogens (tertiary/aromatic N) is 4. The van der Waals surface area contributed by atoms with E-state index in [9.17, 15) is 0 Å². The lowest BCUT2D eigenvalue weighted by atomic mass is 10.1. The Balaban J connectivity index is 1.64. The molecule has 0 aliphatic carbocycles. The molecule has 2 aromatic heterocycles. The van der Waals surface area contributed by atoms with Gasteiger partial charge < -0.3 is 15.0 Å². The van der Waals surface area contributed by atoms with Crippen LogP contribution >= 0.6 is 0 Å². The minimum absolute atomic E-state index is 0.333. The molecule has 1 N–H and O–H groups in total. The lowest BCUT2D eigenvalue weighted by Crippen LogP contribution is -2.30. The molecule has 3 rings (SSSR count).